The van der Waals surface area contributed by atoms with Crippen LogP contribution in [0, 0.1) is 6.92 Å². The summed E-state index contributed by atoms with van der Waals surface area (Å²) in [6.45, 7) is 4.74. The zero-order chi connectivity index (χ0) is 10.7. The predicted octanol–water partition coefficient (Wildman–Crippen LogP) is 2.92. The fourth-order valence-corrected chi connectivity index (χ4v) is 2.04. The highest BCUT2D eigenvalue weighted by atomic mass is 79.9. The Morgan fingerprint density at radius 3 is 2.71 bits per heavy atom. The Morgan fingerprint density at radius 1 is 1.50 bits per heavy atom. The molecule has 1 aromatic rings. The molecule has 1 aromatic carbocycles. The summed E-state index contributed by atoms with van der Waals surface area (Å²) in [7, 11) is 0. The largest absolute Gasteiger partial charge is 0.506 e. The first-order valence-electron chi connectivity index (χ1n) is 4.76. The fourth-order valence-electron chi connectivity index (χ4n) is 1.70. The smallest absolute Gasteiger partial charge is 0.133 e. The van der Waals surface area contributed by atoms with Crippen LogP contribution in [0.2, 0.25) is 0 Å². The van der Waals surface area contributed by atoms with Gasteiger partial charge in [-0.3, -0.25) is 0 Å². The molecule has 0 aliphatic carbocycles. The third-order valence-electron chi connectivity index (χ3n) is 2.48. The Hall–Kier alpha value is -0.540. The molecule has 14 heavy (non-hydrogen) atoms. The number of halogens is 1. The van der Waals surface area contributed by atoms with E-state index in [1.807, 2.05) is 19.1 Å². The minimum absolute atomic E-state index is 0.303. The van der Waals surface area contributed by atoms with Gasteiger partial charge in [-0.05, 0) is 53.4 Å². The number of aromatic hydroxyl groups is 1. The van der Waals surface area contributed by atoms with Crippen LogP contribution < -0.4 is 5.73 Å². The van der Waals surface area contributed by atoms with E-state index in [-0.39, 0.29) is 0 Å². The standard InChI is InChI=1S/C11H16BrNO/c1-7-3-4-9(12)11(14)10(7)8(2)5-6-13/h3-4,8,14H,5-6,13H2,1-2H3. The van der Waals surface area contributed by atoms with E-state index in [9.17, 15) is 5.11 Å². The maximum Gasteiger partial charge on any atom is 0.133 e. The third kappa shape index (κ3) is 2.28. The van der Waals surface area contributed by atoms with E-state index in [4.69, 9.17) is 5.73 Å². The van der Waals surface area contributed by atoms with Crippen molar-refractivity contribution in [2.75, 3.05) is 6.54 Å². The topological polar surface area (TPSA) is 46.2 Å². The van der Waals surface area contributed by atoms with E-state index in [1.165, 1.54) is 0 Å². The van der Waals surface area contributed by atoms with Crippen LogP contribution in [0.4, 0.5) is 0 Å². The van der Waals surface area contributed by atoms with Crippen molar-refractivity contribution < 1.29 is 5.11 Å². The van der Waals surface area contributed by atoms with Crippen LogP contribution in [-0.4, -0.2) is 11.7 Å². The number of hydrogen-bond acceptors (Lipinski definition) is 2. The second kappa shape index (κ2) is 4.80. The lowest BCUT2D eigenvalue weighted by Crippen LogP contribution is -2.06. The average molecular weight is 258 g/mol. The Morgan fingerprint density at radius 2 is 2.14 bits per heavy atom. The van der Waals surface area contributed by atoms with Crippen molar-refractivity contribution in [1.82, 2.24) is 0 Å². The van der Waals surface area contributed by atoms with Crippen molar-refractivity contribution >= 4 is 15.9 Å². The summed E-state index contributed by atoms with van der Waals surface area (Å²) in [6.07, 6.45) is 0.894. The molecule has 0 spiro atoms. The van der Waals surface area contributed by atoms with E-state index in [2.05, 4.69) is 22.9 Å². The van der Waals surface area contributed by atoms with Gasteiger partial charge >= 0.3 is 0 Å². The van der Waals surface area contributed by atoms with E-state index >= 15 is 0 Å². The molecule has 3 N–H and O–H groups in total. The van der Waals surface area contributed by atoms with Crippen LogP contribution in [0.25, 0.3) is 0 Å². The van der Waals surface area contributed by atoms with Gasteiger partial charge in [-0.15, -0.1) is 0 Å². The predicted molar refractivity (Wildman–Crippen MR) is 62.6 cm³/mol. The molecule has 0 amide bonds. The number of nitrogens with two attached hydrogens (primary N) is 1. The van der Waals surface area contributed by atoms with Gasteiger partial charge in [0.05, 0.1) is 4.47 Å². The summed E-state index contributed by atoms with van der Waals surface area (Å²) in [5.41, 5.74) is 7.63. The SMILES string of the molecule is Cc1ccc(Br)c(O)c1C(C)CCN. The van der Waals surface area contributed by atoms with Gasteiger partial charge < -0.3 is 10.8 Å². The average Bonchev–Trinajstić information content (AvgIpc) is 2.13. The summed E-state index contributed by atoms with van der Waals surface area (Å²) in [4.78, 5) is 0. The molecule has 3 heteroatoms. The Balaban J connectivity index is 3.11. The molecule has 1 rings (SSSR count). The lowest BCUT2D eigenvalue weighted by atomic mass is 9.93. The minimum atomic E-state index is 0.303. The number of phenolic OH excluding ortho intramolecular Hbond substituents is 1. The third-order valence-corrected chi connectivity index (χ3v) is 3.12. The molecule has 0 aromatic heterocycles. The molecule has 78 valence electrons. The van der Waals surface area contributed by atoms with Gasteiger partial charge in [0.15, 0.2) is 0 Å². The molecule has 2 nitrogen and oxygen atoms in total. The lowest BCUT2D eigenvalue weighted by molar-refractivity contribution is 0.456. The van der Waals surface area contributed by atoms with Crippen LogP contribution in [0.5, 0.6) is 5.75 Å². The van der Waals surface area contributed by atoms with Crippen molar-refractivity contribution in [1.29, 1.82) is 0 Å². The van der Waals surface area contributed by atoms with Crippen LogP contribution >= 0.6 is 15.9 Å². The van der Waals surface area contributed by atoms with Crippen molar-refractivity contribution in [3.8, 4) is 5.75 Å². The molecular weight excluding hydrogens is 242 g/mol. The van der Waals surface area contributed by atoms with Gasteiger partial charge in [-0.1, -0.05) is 13.0 Å². The summed E-state index contributed by atoms with van der Waals surface area (Å²) in [5, 5.41) is 9.89. The van der Waals surface area contributed by atoms with Gasteiger partial charge in [-0.25, -0.2) is 0 Å². The maximum atomic E-state index is 9.89. The zero-order valence-electron chi connectivity index (χ0n) is 8.55. The van der Waals surface area contributed by atoms with Gasteiger partial charge in [0.2, 0.25) is 0 Å². The first-order chi connectivity index (χ1) is 6.57. The summed E-state index contributed by atoms with van der Waals surface area (Å²) in [5.74, 6) is 0.656. The van der Waals surface area contributed by atoms with Gasteiger partial charge in [0.25, 0.3) is 0 Å². The van der Waals surface area contributed by atoms with E-state index < -0.39 is 0 Å². The summed E-state index contributed by atoms with van der Waals surface area (Å²) in [6, 6.07) is 3.87. The molecule has 0 saturated carbocycles. The molecule has 0 aliphatic rings. The number of hydrogen-bond donors (Lipinski definition) is 2. The van der Waals surface area contributed by atoms with Gasteiger partial charge in [0.1, 0.15) is 5.75 Å². The molecule has 0 radical (unpaired) electrons. The molecule has 0 heterocycles. The second-order valence-corrected chi connectivity index (χ2v) is 4.46. The van der Waals surface area contributed by atoms with Crippen LogP contribution in [0.1, 0.15) is 30.4 Å². The van der Waals surface area contributed by atoms with E-state index in [0.29, 0.717) is 18.2 Å². The van der Waals surface area contributed by atoms with Crippen LogP contribution in [0.3, 0.4) is 0 Å². The number of benzene rings is 1. The maximum absolute atomic E-state index is 9.89. The van der Waals surface area contributed by atoms with Crippen molar-refractivity contribution in [3.05, 3.63) is 27.7 Å². The molecule has 0 saturated heterocycles. The Kier molecular flexibility index (Phi) is 3.96. The van der Waals surface area contributed by atoms with Crippen LogP contribution in [-0.2, 0) is 0 Å². The molecule has 0 aliphatic heterocycles. The van der Waals surface area contributed by atoms with Gasteiger partial charge in [-0.2, -0.15) is 0 Å². The first kappa shape index (κ1) is 11.5. The van der Waals surface area contributed by atoms with E-state index in [1.54, 1.807) is 0 Å². The summed E-state index contributed by atoms with van der Waals surface area (Å²) < 4.78 is 0.752. The minimum Gasteiger partial charge on any atom is -0.506 e. The van der Waals surface area contributed by atoms with Gasteiger partial charge in [0, 0.05) is 5.56 Å². The highest BCUT2D eigenvalue weighted by Gasteiger charge is 2.14. The quantitative estimate of drug-likeness (QED) is 0.875. The lowest BCUT2D eigenvalue weighted by Gasteiger charge is -2.16. The number of aryl methyl sites for hydroxylation is 1. The molecule has 0 bridgehead atoms. The first-order valence-corrected chi connectivity index (χ1v) is 5.55. The summed E-state index contributed by atoms with van der Waals surface area (Å²) >= 11 is 3.32. The normalized spacial score (nSPS) is 12.9. The fraction of sp³-hybridized carbons (Fsp3) is 0.455. The van der Waals surface area contributed by atoms with Crippen molar-refractivity contribution in [2.24, 2.45) is 5.73 Å². The number of phenols is 1. The monoisotopic (exact) mass is 257 g/mol. The Labute approximate surface area is 93.3 Å². The van der Waals surface area contributed by atoms with Crippen molar-refractivity contribution in [3.63, 3.8) is 0 Å². The molecular formula is C11H16BrNO. The second-order valence-electron chi connectivity index (χ2n) is 3.60. The Bertz CT molecular complexity index is 325. The molecule has 0 fully saturated rings. The van der Waals surface area contributed by atoms with E-state index in [0.717, 1.165) is 22.0 Å². The molecule has 1 atom stereocenters. The van der Waals surface area contributed by atoms with Crippen molar-refractivity contribution in [2.45, 2.75) is 26.2 Å². The molecule has 1 unspecified atom stereocenters. The van der Waals surface area contributed by atoms with Crippen LogP contribution in [0.15, 0.2) is 16.6 Å². The number of rotatable bonds is 3. The highest BCUT2D eigenvalue weighted by molar-refractivity contribution is 9.10. The highest BCUT2D eigenvalue weighted by Crippen LogP contribution is 2.36. The zero-order valence-corrected chi connectivity index (χ0v) is 10.1.